The summed E-state index contributed by atoms with van der Waals surface area (Å²) in [6, 6.07) is 0.252. The second-order valence-electron chi connectivity index (χ2n) is 5.69. The predicted molar refractivity (Wildman–Crippen MR) is 86.7 cm³/mol. The molecule has 1 saturated heterocycles. The number of anilines is 1. The Balaban J connectivity index is 2.03. The number of ketones is 1. The minimum absolute atomic E-state index is 0.144. The van der Waals surface area contributed by atoms with Gasteiger partial charge in [-0.1, -0.05) is 5.21 Å². The smallest absolute Gasteiger partial charge is 0.323 e. The summed E-state index contributed by atoms with van der Waals surface area (Å²) in [5, 5.41) is 7.93. The molecule has 0 aromatic carbocycles. The van der Waals surface area contributed by atoms with E-state index in [1.165, 1.54) is 18.0 Å². The number of hydrogen-bond acceptors (Lipinski definition) is 8. The zero-order valence-electron chi connectivity index (χ0n) is 14.2. The lowest BCUT2D eigenvalue weighted by Gasteiger charge is -2.26. The van der Waals surface area contributed by atoms with Crippen LogP contribution in [0, 0.1) is 6.92 Å². The van der Waals surface area contributed by atoms with Gasteiger partial charge in [0.05, 0.1) is 12.3 Å². The maximum atomic E-state index is 11.6. The third kappa shape index (κ3) is 3.19. The number of nitrogens with zero attached hydrogens (tertiary/aromatic N) is 7. The predicted octanol–water partition coefficient (Wildman–Crippen LogP) is 1.35. The molecule has 0 saturated carbocycles. The third-order valence-electron chi connectivity index (χ3n) is 3.92. The first kappa shape index (κ1) is 16.3. The molecule has 0 N–H and O–H groups in total. The first-order valence-electron chi connectivity index (χ1n) is 8.17. The van der Waals surface area contributed by atoms with Crippen LogP contribution < -0.4 is 9.64 Å². The van der Waals surface area contributed by atoms with Crippen molar-refractivity contribution in [3.8, 4) is 12.0 Å². The van der Waals surface area contributed by atoms with Gasteiger partial charge in [-0.05, 0) is 33.1 Å². The van der Waals surface area contributed by atoms with Crippen molar-refractivity contribution in [3.05, 3.63) is 11.4 Å². The van der Waals surface area contributed by atoms with Gasteiger partial charge >= 0.3 is 6.01 Å². The van der Waals surface area contributed by atoms with Gasteiger partial charge in [-0.3, -0.25) is 4.79 Å². The number of Topliss-reactive ketones (excluding diaryl/α,β-unsaturated/α-hetero) is 1. The molecule has 0 bridgehead atoms. The number of piperidine rings is 1. The van der Waals surface area contributed by atoms with Gasteiger partial charge < -0.3 is 9.64 Å². The fourth-order valence-corrected chi connectivity index (χ4v) is 2.70. The van der Waals surface area contributed by atoms with E-state index in [-0.39, 0.29) is 11.8 Å². The van der Waals surface area contributed by atoms with Crippen LogP contribution in [0.15, 0.2) is 0 Å². The van der Waals surface area contributed by atoms with E-state index in [1.54, 1.807) is 6.92 Å². The zero-order valence-corrected chi connectivity index (χ0v) is 14.2. The van der Waals surface area contributed by atoms with Crippen LogP contribution in [-0.2, 0) is 0 Å². The Kier molecular flexibility index (Phi) is 4.68. The van der Waals surface area contributed by atoms with Crippen molar-refractivity contribution in [2.24, 2.45) is 0 Å². The normalized spacial score (nSPS) is 14.7. The standard InChI is InChI=1S/C15H21N7O2/c1-4-24-15-17-13(21-8-6-5-7-9-21)16-14(18-15)22-10(2)12(11(3)23)19-20-22/h4-9H2,1-3H3. The summed E-state index contributed by atoms with van der Waals surface area (Å²) in [5.41, 5.74) is 0.911. The number of rotatable bonds is 5. The van der Waals surface area contributed by atoms with Gasteiger partial charge in [-0.2, -0.15) is 19.6 Å². The van der Waals surface area contributed by atoms with Crippen molar-refractivity contribution in [1.82, 2.24) is 29.9 Å². The number of hydrogen-bond donors (Lipinski definition) is 0. The second kappa shape index (κ2) is 6.90. The number of ether oxygens (including phenoxy) is 1. The maximum absolute atomic E-state index is 11.6. The molecule has 0 atom stereocenters. The molecule has 1 aliphatic heterocycles. The van der Waals surface area contributed by atoms with Gasteiger partial charge in [0.1, 0.15) is 0 Å². The summed E-state index contributed by atoms with van der Waals surface area (Å²) in [6.45, 7) is 7.37. The summed E-state index contributed by atoms with van der Waals surface area (Å²) in [6.07, 6.45) is 3.44. The van der Waals surface area contributed by atoms with E-state index in [9.17, 15) is 4.79 Å². The van der Waals surface area contributed by atoms with Crippen LogP contribution in [0.5, 0.6) is 6.01 Å². The summed E-state index contributed by atoms with van der Waals surface area (Å²) >= 11 is 0. The van der Waals surface area contributed by atoms with E-state index in [0.717, 1.165) is 25.9 Å². The highest BCUT2D eigenvalue weighted by molar-refractivity contribution is 5.93. The quantitative estimate of drug-likeness (QED) is 0.757. The monoisotopic (exact) mass is 331 g/mol. The van der Waals surface area contributed by atoms with Crippen LogP contribution in [-0.4, -0.2) is 55.4 Å². The van der Waals surface area contributed by atoms with Crippen LogP contribution >= 0.6 is 0 Å². The lowest BCUT2D eigenvalue weighted by Crippen LogP contribution is -2.31. The minimum atomic E-state index is -0.144. The Labute approximate surface area is 140 Å². The van der Waals surface area contributed by atoms with Crippen LogP contribution in [0.2, 0.25) is 0 Å². The van der Waals surface area contributed by atoms with Crippen molar-refractivity contribution in [2.75, 3.05) is 24.6 Å². The van der Waals surface area contributed by atoms with Crippen LogP contribution in [0.3, 0.4) is 0 Å². The van der Waals surface area contributed by atoms with Crippen molar-refractivity contribution in [3.63, 3.8) is 0 Å². The molecule has 128 valence electrons. The number of carbonyl (C=O) groups excluding carboxylic acids is 1. The molecular weight excluding hydrogens is 310 g/mol. The van der Waals surface area contributed by atoms with Crippen LogP contribution in [0.1, 0.15) is 49.3 Å². The van der Waals surface area contributed by atoms with Crippen molar-refractivity contribution < 1.29 is 9.53 Å². The van der Waals surface area contributed by atoms with E-state index in [4.69, 9.17) is 4.74 Å². The molecule has 0 aliphatic carbocycles. The first-order valence-corrected chi connectivity index (χ1v) is 8.17. The lowest BCUT2D eigenvalue weighted by atomic mass is 10.1. The molecule has 0 unspecified atom stereocenters. The van der Waals surface area contributed by atoms with E-state index < -0.39 is 0 Å². The molecule has 2 aromatic rings. The Morgan fingerprint density at radius 3 is 2.46 bits per heavy atom. The van der Waals surface area contributed by atoms with Gasteiger partial charge in [0.25, 0.3) is 5.95 Å². The Hall–Kier alpha value is -2.58. The molecule has 3 heterocycles. The van der Waals surface area contributed by atoms with Crippen molar-refractivity contribution in [2.45, 2.75) is 40.0 Å². The van der Waals surface area contributed by atoms with Gasteiger partial charge in [-0.25, -0.2) is 0 Å². The van der Waals surface area contributed by atoms with E-state index in [2.05, 4.69) is 30.2 Å². The number of carbonyl (C=O) groups is 1. The van der Waals surface area contributed by atoms with Crippen LogP contribution in [0.4, 0.5) is 5.95 Å². The molecule has 0 amide bonds. The van der Waals surface area contributed by atoms with Crippen molar-refractivity contribution >= 4 is 11.7 Å². The molecule has 9 heteroatoms. The summed E-state index contributed by atoms with van der Waals surface area (Å²) in [7, 11) is 0. The topological polar surface area (TPSA) is 98.9 Å². The van der Waals surface area contributed by atoms with Crippen LogP contribution in [0.25, 0.3) is 5.95 Å². The molecule has 1 aliphatic rings. The average molecular weight is 331 g/mol. The highest BCUT2D eigenvalue weighted by atomic mass is 16.5. The fraction of sp³-hybridized carbons (Fsp3) is 0.600. The molecule has 1 fully saturated rings. The minimum Gasteiger partial charge on any atom is -0.464 e. The Bertz CT molecular complexity index is 737. The molecule has 24 heavy (non-hydrogen) atoms. The van der Waals surface area contributed by atoms with Gasteiger partial charge in [-0.15, -0.1) is 5.10 Å². The third-order valence-corrected chi connectivity index (χ3v) is 3.92. The zero-order chi connectivity index (χ0) is 17.1. The summed E-state index contributed by atoms with van der Waals surface area (Å²) in [5.74, 6) is 0.739. The SMILES string of the molecule is CCOc1nc(N2CCCCC2)nc(-n2nnc(C(C)=O)c2C)n1. The molecular formula is C15H21N7O2. The fourth-order valence-electron chi connectivity index (χ4n) is 2.70. The van der Waals surface area contributed by atoms with E-state index in [1.807, 2.05) is 6.92 Å². The highest BCUT2D eigenvalue weighted by Crippen LogP contribution is 2.20. The lowest BCUT2D eigenvalue weighted by molar-refractivity contribution is 0.101. The molecule has 2 aromatic heterocycles. The summed E-state index contributed by atoms with van der Waals surface area (Å²) < 4.78 is 6.93. The van der Waals surface area contributed by atoms with Crippen molar-refractivity contribution in [1.29, 1.82) is 0 Å². The molecule has 0 spiro atoms. The molecule has 9 nitrogen and oxygen atoms in total. The molecule has 0 radical (unpaired) electrons. The average Bonchev–Trinajstić information content (AvgIpc) is 2.97. The van der Waals surface area contributed by atoms with E-state index in [0.29, 0.717) is 29.9 Å². The first-order chi connectivity index (χ1) is 11.6. The maximum Gasteiger partial charge on any atom is 0.323 e. The second-order valence-corrected chi connectivity index (χ2v) is 5.69. The Morgan fingerprint density at radius 2 is 1.83 bits per heavy atom. The number of aromatic nitrogens is 6. The largest absolute Gasteiger partial charge is 0.464 e. The van der Waals surface area contributed by atoms with Gasteiger partial charge in [0.15, 0.2) is 11.5 Å². The highest BCUT2D eigenvalue weighted by Gasteiger charge is 2.20. The van der Waals surface area contributed by atoms with E-state index >= 15 is 0 Å². The van der Waals surface area contributed by atoms with Gasteiger partial charge in [0.2, 0.25) is 5.95 Å². The summed E-state index contributed by atoms with van der Waals surface area (Å²) in [4.78, 5) is 26.9. The molecule has 3 rings (SSSR count). The Morgan fingerprint density at radius 1 is 1.12 bits per heavy atom. The van der Waals surface area contributed by atoms with Gasteiger partial charge in [0, 0.05) is 20.0 Å².